The molecule has 1 aromatic carbocycles. The topological polar surface area (TPSA) is 38.8 Å². The number of carbonyl (C=O) groups excluding carboxylic acids is 1. The van der Waals surface area contributed by atoms with Crippen LogP contribution in [0.15, 0.2) is 18.2 Å². The van der Waals surface area contributed by atoms with Gasteiger partial charge in [0.05, 0.1) is 19.8 Å². The van der Waals surface area contributed by atoms with Crippen LogP contribution in [0.1, 0.15) is 48.9 Å². The van der Waals surface area contributed by atoms with Crippen LogP contribution < -0.4 is 9.47 Å². The number of methoxy groups -OCH3 is 2. The molecular weight excluding hydrogens is 278 g/mol. The molecule has 3 rings (SSSR count). The SMILES string of the molecule is COc1ccc(C(=O)N2CCCC3CCCCC32)c(OC)c1. The van der Waals surface area contributed by atoms with Gasteiger partial charge in [-0.1, -0.05) is 12.8 Å². The minimum Gasteiger partial charge on any atom is -0.497 e. The number of likely N-dealkylation sites (tertiary alicyclic amines) is 1. The molecule has 120 valence electrons. The molecule has 0 N–H and O–H groups in total. The van der Waals surface area contributed by atoms with Gasteiger partial charge in [0, 0.05) is 18.7 Å². The summed E-state index contributed by atoms with van der Waals surface area (Å²) in [5.74, 6) is 2.11. The van der Waals surface area contributed by atoms with E-state index in [9.17, 15) is 4.79 Å². The molecule has 1 aliphatic heterocycles. The van der Waals surface area contributed by atoms with Gasteiger partial charge in [-0.2, -0.15) is 0 Å². The standard InChI is InChI=1S/C18H25NO3/c1-21-14-9-10-15(17(12-14)22-2)18(20)19-11-5-7-13-6-3-4-8-16(13)19/h9-10,12-13,16H,3-8,11H2,1-2H3. The Bertz CT molecular complexity index is 541. The van der Waals surface area contributed by atoms with Gasteiger partial charge < -0.3 is 14.4 Å². The van der Waals surface area contributed by atoms with Crippen molar-refractivity contribution in [1.29, 1.82) is 0 Å². The number of hydrogen-bond acceptors (Lipinski definition) is 3. The highest BCUT2D eigenvalue weighted by atomic mass is 16.5. The third kappa shape index (κ3) is 2.79. The Morgan fingerprint density at radius 3 is 2.64 bits per heavy atom. The number of ether oxygens (including phenoxy) is 2. The van der Waals surface area contributed by atoms with Gasteiger partial charge in [-0.05, 0) is 43.7 Å². The van der Waals surface area contributed by atoms with E-state index in [-0.39, 0.29) is 5.91 Å². The van der Waals surface area contributed by atoms with Crippen LogP contribution in [0.5, 0.6) is 11.5 Å². The molecule has 0 spiro atoms. The maximum absolute atomic E-state index is 13.0. The molecule has 22 heavy (non-hydrogen) atoms. The summed E-state index contributed by atoms with van der Waals surface area (Å²) < 4.78 is 10.6. The van der Waals surface area contributed by atoms with Crippen molar-refractivity contribution in [3.8, 4) is 11.5 Å². The van der Waals surface area contributed by atoms with Crippen LogP contribution in [0.25, 0.3) is 0 Å². The van der Waals surface area contributed by atoms with Crippen molar-refractivity contribution in [2.24, 2.45) is 5.92 Å². The van der Waals surface area contributed by atoms with E-state index < -0.39 is 0 Å². The Labute approximate surface area is 132 Å². The van der Waals surface area contributed by atoms with Gasteiger partial charge >= 0.3 is 0 Å². The van der Waals surface area contributed by atoms with Crippen LogP contribution in [0.4, 0.5) is 0 Å². The summed E-state index contributed by atoms with van der Waals surface area (Å²) in [4.78, 5) is 15.1. The number of rotatable bonds is 3. The molecule has 0 radical (unpaired) electrons. The maximum atomic E-state index is 13.0. The lowest BCUT2D eigenvalue weighted by Gasteiger charge is -2.44. The first-order chi connectivity index (χ1) is 10.7. The lowest BCUT2D eigenvalue weighted by atomic mass is 9.78. The van der Waals surface area contributed by atoms with Crippen LogP contribution in [0.2, 0.25) is 0 Å². The van der Waals surface area contributed by atoms with Gasteiger partial charge in [-0.25, -0.2) is 0 Å². The number of piperidine rings is 1. The highest BCUT2D eigenvalue weighted by molar-refractivity contribution is 5.97. The number of benzene rings is 1. The molecule has 1 aromatic rings. The average molecular weight is 303 g/mol. The fourth-order valence-electron chi connectivity index (χ4n) is 4.01. The molecule has 1 aliphatic carbocycles. The van der Waals surface area contributed by atoms with Crippen molar-refractivity contribution in [3.63, 3.8) is 0 Å². The van der Waals surface area contributed by atoms with Crippen LogP contribution in [-0.2, 0) is 0 Å². The zero-order chi connectivity index (χ0) is 15.5. The van der Waals surface area contributed by atoms with E-state index in [0.29, 0.717) is 29.0 Å². The molecule has 0 aromatic heterocycles. The first kappa shape index (κ1) is 15.2. The molecule has 2 unspecified atom stereocenters. The second-order valence-electron chi connectivity index (χ2n) is 6.32. The summed E-state index contributed by atoms with van der Waals surface area (Å²) in [7, 11) is 3.22. The van der Waals surface area contributed by atoms with Crippen molar-refractivity contribution in [1.82, 2.24) is 4.90 Å². The zero-order valence-electron chi connectivity index (χ0n) is 13.5. The van der Waals surface area contributed by atoms with E-state index in [2.05, 4.69) is 4.90 Å². The predicted molar refractivity (Wildman–Crippen MR) is 85.6 cm³/mol. The fraction of sp³-hybridized carbons (Fsp3) is 0.611. The first-order valence-electron chi connectivity index (χ1n) is 8.27. The van der Waals surface area contributed by atoms with Crippen molar-refractivity contribution in [3.05, 3.63) is 23.8 Å². The van der Waals surface area contributed by atoms with Gasteiger partial charge in [0.15, 0.2) is 0 Å². The number of amides is 1. The molecule has 0 bridgehead atoms. The van der Waals surface area contributed by atoms with Crippen LogP contribution in [0.3, 0.4) is 0 Å². The third-order valence-corrected chi connectivity index (χ3v) is 5.14. The molecule has 2 atom stereocenters. The highest BCUT2D eigenvalue weighted by Crippen LogP contribution is 2.37. The van der Waals surface area contributed by atoms with E-state index >= 15 is 0 Å². The summed E-state index contributed by atoms with van der Waals surface area (Å²) in [5.41, 5.74) is 0.648. The molecule has 4 nitrogen and oxygen atoms in total. The largest absolute Gasteiger partial charge is 0.497 e. The van der Waals surface area contributed by atoms with Crippen molar-refractivity contribution in [2.75, 3.05) is 20.8 Å². The Kier molecular flexibility index (Phi) is 4.55. The van der Waals surface area contributed by atoms with E-state index in [1.807, 2.05) is 12.1 Å². The summed E-state index contributed by atoms with van der Waals surface area (Å²) >= 11 is 0. The van der Waals surface area contributed by atoms with Gasteiger partial charge in [0.2, 0.25) is 0 Å². The molecule has 1 amide bonds. The molecule has 2 aliphatic rings. The molecule has 1 saturated carbocycles. The second kappa shape index (κ2) is 6.59. The van der Waals surface area contributed by atoms with Crippen LogP contribution in [-0.4, -0.2) is 37.6 Å². The number of hydrogen-bond donors (Lipinski definition) is 0. The Morgan fingerprint density at radius 2 is 1.86 bits per heavy atom. The van der Waals surface area contributed by atoms with E-state index in [0.717, 1.165) is 19.4 Å². The number of nitrogens with zero attached hydrogens (tertiary/aromatic N) is 1. The Balaban J connectivity index is 1.86. The predicted octanol–water partition coefficient (Wildman–Crippen LogP) is 3.50. The van der Waals surface area contributed by atoms with Crippen molar-refractivity contribution in [2.45, 2.75) is 44.6 Å². The highest BCUT2D eigenvalue weighted by Gasteiger charge is 2.36. The molecule has 4 heteroatoms. The third-order valence-electron chi connectivity index (χ3n) is 5.14. The summed E-state index contributed by atoms with van der Waals surface area (Å²) in [6.45, 7) is 0.870. The van der Waals surface area contributed by atoms with E-state index in [1.165, 1.54) is 25.7 Å². The Hall–Kier alpha value is -1.71. The monoisotopic (exact) mass is 303 g/mol. The summed E-state index contributed by atoms with van der Waals surface area (Å²) in [5, 5.41) is 0. The number of carbonyl (C=O) groups is 1. The lowest BCUT2D eigenvalue weighted by Crippen LogP contribution is -2.49. The number of fused-ring (bicyclic) bond motifs is 1. The molecular formula is C18H25NO3. The minimum absolute atomic E-state index is 0.108. The van der Waals surface area contributed by atoms with Gasteiger partial charge in [0.1, 0.15) is 11.5 Å². The van der Waals surface area contributed by atoms with E-state index in [4.69, 9.17) is 9.47 Å². The molecule has 1 saturated heterocycles. The maximum Gasteiger partial charge on any atom is 0.257 e. The summed E-state index contributed by atoms with van der Waals surface area (Å²) in [6, 6.07) is 5.86. The average Bonchev–Trinajstić information content (AvgIpc) is 2.60. The molecule has 1 heterocycles. The van der Waals surface area contributed by atoms with Crippen molar-refractivity contribution < 1.29 is 14.3 Å². The van der Waals surface area contributed by atoms with E-state index in [1.54, 1.807) is 20.3 Å². The zero-order valence-corrected chi connectivity index (χ0v) is 13.5. The van der Waals surface area contributed by atoms with Crippen LogP contribution in [0, 0.1) is 5.92 Å². The summed E-state index contributed by atoms with van der Waals surface area (Å²) in [6.07, 6.45) is 7.36. The lowest BCUT2D eigenvalue weighted by molar-refractivity contribution is 0.0388. The quantitative estimate of drug-likeness (QED) is 0.858. The molecule has 2 fully saturated rings. The van der Waals surface area contributed by atoms with Gasteiger partial charge in [-0.3, -0.25) is 4.79 Å². The normalized spacial score (nSPS) is 24.5. The Morgan fingerprint density at radius 1 is 1.09 bits per heavy atom. The van der Waals surface area contributed by atoms with Gasteiger partial charge in [0.25, 0.3) is 5.91 Å². The minimum atomic E-state index is 0.108. The fourth-order valence-corrected chi connectivity index (χ4v) is 4.01. The first-order valence-corrected chi connectivity index (χ1v) is 8.27. The van der Waals surface area contributed by atoms with Crippen LogP contribution >= 0.6 is 0 Å². The van der Waals surface area contributed by atoms with Gasteiger partial charge in [-0.15, -0.1) is 0 Å². The smallest absolute Gasteiger partial charge is 0.257 e. The van der Waals surface area contributed by atoms with Crippen molar-refractivity contribution >= 4 is 5.91 Å². The second-order valence-corrected chi connectivity index (χ2v) is 6.32.